The summed E-state index contributed by atoms with van der Waals surface area (Å²) in [6.07, 6.45) is 8.82. The van der Waals surface area contributed by atoms with Crippen LogP contribution >= 0.6 is 11.6 Å². The lowest BCUT2D eigenvalue weighted by Gasteiger charge is -2.28. The molecule has 1 aromatic rings. The Bertz CT molecular complexity index is 631. The summed E-state index contributed by atoms with van der Waals surface area (Å²) in [4.78, 5) is 24.3. The standard InChI is InChI=1S/C16H19ClN4O2/c1-3-16(8-6-10-20-16)15(21(22)23)14(19-4-2)13(17)12-7-5-9-18-11-12/h5-11,13,15H,3-4H2,1-2H3. The molecule has 7 heteroatoms. The Morgan fingerprint density at radius 1 is 1.52 bits per heavy atom. The summed E-state index contributed by atoms with van der Waals surface area (Å²) in [7, 11) is 0. The Balaban J connectivity index is 2.49. The fourth-order valence-electron chi connectivity index (χ4n) is 2.73. The maximum atomic E-state index is 11.8. The van der Waals surface area contributed by atoms with Gasteiger partial charge in [-0.05, 0) is 37.1 Å². The second-order valence-electron chi connectivity index (χ2n) is 5.22. The SMILES string of the molecule is CCN=C(C(Cl)c1cccnc1)C([N+](=O)[O-])C1(CC)C=CC=N1. The van der Waals surface area contributed by atoms with Gasteiger partial charge in [-0.2, -0.15) is 0 Å². The van der Waals surface area contributed by atoms with E-state index in [9.17, 15) is 10.1 Å². The van der Waals surface area contributed by atoms with Crippen molar-refractivity contribution in [1.82, 2.24) is 4.98 Å². The molecule has 0 fully saturated rings. The Hall–Kier alpha value is -2.08. The predicted molar refractivity (Wildman–Crippen MR) is 92.2 cm³/mol. The molecule has 2 heterocycles. The molecule has 0 radical (unpaired) electrons. The second-order valence-corrected chi connectivity index (χ2v) is 5.65. The van der Waals surface area contributed by atoms with Crippen molar-refractivity contribution < 1.29 is 4.92 Å². The smallest absolute Gasteiger partial charge is 0.280 e. The van der Waals surface area contributed by atoms with E-state index in [0.717, 1.165) is 0 Å². The minimum Gasteiger partial charge on any atom is -0.285 e. The van der Waals surface area contributed by atoms with Crippen molar-refractivity contribution in [3.05, 3.63) is 52.4 Å². The number of halogens is 1. The molecular formula is C16H19ClN4O2. The highest BCUT2D eigenvalue weighted by atomic mass is 35.5. The molecule has 0 N–H and O–H groups in total. The van der Waals surface area contributed by atoms with Gasteiger partial charge in [0.1, 0.15) is 11.1 Å². The first-order chi connectivity index (χ1) is 11.1. The summed E-state index contributed by atoms with van der Waals surface area (Å²) in [5.41, 5.74) is 0.0653. The minimum atomic E-state index is -1.11. The lowest BCUT2D eigenvalue weighted by atomic mass is 9.83. The van der Waals surface area contributed by atoms with Crippen molar-refractivity contribution in [1.29, 1.82) is 0 Å². The van der Waals surface area contributed by atoms with Gasteiger partial charge in [0.25, 0.3) is 6.04 Å². The van der Waals surface area contributed by atoms with Crippen LogP contribution in [0.4, 0.5) is 0 Å². The average molecular weight is 335 g/mol. The number of hydrogen-bond acceptors (Lipinski definition) is 5. The maximum Gasteiger partial charge on any atom is 0.280 e. The molecule has 1 aliphatic rings. The molecule has 2 rings (SSSR count). The van der Waals surface area contributed by atoms with Crippen LogP contribution in [0, 0.1) is 10.1 Å². The van der Waals surface area contributed by atoms with Crippen molar-refractivity contribution in [2.45, 2.75) is 37.2 Å². The zero-order valence-corrected chi connectivity index (χ0v) is 13.8. The molecule has 0 aromatic carbocycles. The lowest BCUT2D eigenvalue weighted by molar-refractivity contribution is -0.511. The summed E-state index contributed by atoms with van der Waals surface area (Å²) in [6, 6.07) is 2.43. The fourth-order valence-corrected chi connectivity index (χ4v) is 3.05. The molecule has 1 aromatic heterocycles. The normalized spacial score (nSPS) is 23.0. The average Bonchev–Trinajstić information content (AvgIpc) is 3.04. The molecule has 23 heavy (non-hydrogen) atoms. The van der Waals surface area contributed by atoms with Gasteiger partial charge in [-0.1, -0.05) is 13.0 Å². The first-order valence-electron chi connectivity index (χ1n) is 7.50. The maximum absolute atomic E-state index is 11.8. The first kappa shape index (κ1) is 17.3. The molecular weight excluding hydrogens is 316 g/mol. The van der Waals surface area contributed by atoms with E-state index in [1.165, 1.54) is 0 Å². The summed E-state index contributed by atoms with van der Waals surface area (Å²) in [5.74, 6) is 0. The van der Waals surface area contributed by atoms with Gasteiger partial charge in [0, 0.05) is 30.1 Å². The van der Waals surface area contributed by atoms with Gasteiger partial charge in [-0.3, -0.25) is 25.1 Å². The van der Waals surface area contributed by atoms with Crippen LogP contribution in [0.1, 0.15) is 31.2 Å². The summed E-state index contributed by atoms with van der Waals surface area (Å²) in [6.45, 7) is 4.12. The number of allylic oxidation sites excluding steroid dienone is 1. The molecule has 1 aliphatic heterocycles. The summed E-state index contributed by atoms with van der Waals surface area (Å²) in [5, 5.41) is 11.1. The highest BCUT2D eigenvalue weighted by Crippen LogP contribution is 2.34. The number of nitrogens with zero attached hydrogens (tertiary/aromatic N) is 4. The summed E-state index contributed by atoms with van der Waals surface area (Å²) < 4.78 is 0. The van der Waals surface area contributed by atoms with Gasteiger partial charge in [0.2, 0.25) is 0 Å². The molecule has 0 saturated carbocycles. The summed E-state index contributed by atoms with van der Waals surface area (Å²) >= 11 is 6.54. The van der Waals surface area contributed by atoms with E-state index in [4.69, 9.17) is 11.6 Å². The first-order valence-corrected chi connectivity index (χ1v) is 7.94. The van der Waals surface area contributed by atoms with Crippen LogP contribution in [0.2, 0.25) is 0 Å². The van der Waals surface area contributed by atoms with Crippen LogP contribution in [-0.4, -0.2) is 40.0 Å². The number of rotatable bonds is 7. The topological polar surface area (TPSA) is 80.8 Å². The van der Waals surface area contributed by atoms with E-state index in [-0.39, 0.29) is 4.92 Å². The Kier molecular flexibility index (Phi) is 5.60. The number of nitro groups is 1. The van der Waals surface area contributed by atoms with Crippen LogP contribution in [0.15, 0.2) is 46.7 Å². The molecule has 0 aliphatic carbocycles. The van der Waals surface area contributed by atoms with Crippen molar-refractivity contribution in [2.24, 2.45) is 9.98 Å². The van der Waals surface area contributed by atoms with E-state index >= 15 is 0 Å². The highest BCUT2D eigenvalue weighted by molar-refractivity contribution is 6.33. The second kappa shape index (κ2) is 7.46. The van der Waals surface area contributed by atoms with Gasteiger partial charge in [0.05, 0.1) is 0 Å². The van der Waals surface area contributed by atoms with Crippen molar-refractivity contribution in [2.75, 3.05) is 6.54 Å². The predicted octanol–water partition coefficient (Wildman–Crippen LogP) is 3.26. The van der Waals surface area contributed by atoms with Gasteiger partial charge in [0.15, 0.2) is 5.54 Å². The van der Waals surface area contributed by atoms with E-state index in [0.29, 0.717) is 24.2 Å². The number of pyridine rings is 1. The van der Waals surface area contributed by atoms with E-state index in [1.807, 2.05) is 13.8 Å². The Morgan fingerprint density at radius 3 is 2.78 bits per heavy atom. The minimum absolute atomic E-state index is 0.317. The quantitative estimate of drug-likeness (QED) is 0.332. The largest absolute Gasteiger partial charge is 0.285 e. The molecule has 0 spiro atoms. The van der Waals surface area contributed by atoms with Crippen LogP contribution in [-0.2, 0) is 0 Å². The van der Waals surface area contributed by atoms with E-state index in [2.05, 4.69) is 15.0 Å². The van der Waals surface area contributed by atoms with Crippen LogP contribution in [0.25, 0.3) is 0 Å². The van der Waals surface area contributed by atoms with Crippen LogP contribution < -0.4 is 0 Å². The van der Waals surface area contributed by atoms with Gasteiger partial charge >= 0.3 is 0 Å². The molecule has 3 atom stereocenters. The number of aromatic nitrogens is 1. The molecule has 3 unspecified atom stereocenters. The van der Waals surface area contributed by atoms with E-state index in [1.54, 1.807) is 42.9 Å². The zero-order valence-electron chi connectivity index (χ0n) is 13.1. The molecule has 0 saturated heterocycles. The third-order valence-electron chi connectivity index (χ3n) is 3.89. The molecule has 0 bridgehead atoms. The zero-order chi connectivity index (χ0) is 16.9. The molecule has 0 amide bonds. The Labute approximate surface area is 140 Å². The van der Waals surface area contributed by atoms with Gasteiger partial charge in [-0.25, -0.2) is 0 Å². The van der Waals surface area contributed by atoms with Crippen molar-refractivity contribution >= 4 is 23.5 Å². The van der Waals surface area contributed by atoms with Crippen molar-refractivity contribution in [3.8, 4) is 0 Å². The van der Waals surface area contributed by atoms with Crippen LogP contribution in [0.3, 0.4) is 0 Å². The van der Waals surface area contributed by atoms with Crippen LogP contribution in [0.5, 0.6) is 0 Å². The van der Waals surface area contributed by atoms with Crippen molar-refractivity contribution in [3.63, 3.8) is 0 Å². The molecule has 6 nitrogen and oxygen atoms in total. The Morgan fingerprint density at radius 2 is 2.30 bits per heavy atom. The number of aliphatic imine (C=N–C) groups is 2. The monoisotopic (exact) mass is 334 g/mol. The van der Waals surface area contributed by atoms with Gasteiger partial charge in [-0.15, -0.1) is 11.6 Å². The fraction of sp³-hybridized carbons (Fsp3) is 0.438. The number of hydrogen-bond donors (Lipinski definition) is 0. The number of alkyl halides is 1. The third kappa shape index (κ3) is 3.47. The van der Waals surface area contributed by atoms with E-state index < -0.39 is 17.0 Å². The third-order valence-corrected chi connectivity index (χ3v) is 4.37. The van der Waals surface area contributed by atoms with Gasteiger partial charge < -0.3 is 0 Å². The highest BCUT2D eigenvalue weighted by Gasteiger charge is 2.50. The molecule has 122 valence electrons. The lowest BCUT2D eigenvalue weighted by Crippen LogP contribution is -2.49.